The van der Waals surface area contributed by atoms with Crippen molar-refractivity contribution in [2.75, 3.05) is 30.3 Å². The van der Waals surface area contributed by atoms with E-state index in [0.717, 1.165) is 77.7 Å². The lowest BCUT2D eigenvalue weighted by atomic mass is 9.92. The van der Waals surface area contributed by atoms with Gasteiger partial charge in [0, 0.05) is 41.8 Å². The van der Waals surface area contributed by atoms with Gasteiger partial charge in [-0.05, 0) is 86.2 Å². The molecular weight excluding hydrogens is 652 g/mol. The van der Waals surface area contributed by atoms with E-state index in [-0.39, 0.29) is 17.2 Å². The second-order valence-corrected chi connectivity index (χ2v) is 14.7. The standard InChI is InChI=1S/C38H43ClN8O3/c1-23-9-12-26(13-10-23)47-33(21-32(44-47)38(3,4)5)41-37(49)40-30-19-24(2)35(28-8-6-7-27(28)30)50-18-17-45-15-16-46-34(22-45)42-43-36(46)29-20-25(39)11-14-31(29)48/h9-14,19-21,48H,6-8,15-18,22H2,1-5H3,(H2,40,41,49). The van der Waals surface area contributed by atoms with Crippen LogP contribution in [-0.4, -0.2) is 60.3 Å². The van der Waals surface area contributed by atoms with E-state index in [1.165, 1.54) is 5.56 Å². The van der Waals surface area contributed by atoms with Crippen LogP contribution >= 0.6 is 11.6 Å². The average molecular weight is 695 g/mol. The molecule has 0 spiro atoms. The number of aromatic nitrogens is 5. The minimum atomic E-state index is -0.312. The van der Waals surface area contributed by atoms with Crippen LogP contribution in [0, 0.1) is 13.8 Å². The highest BCUT2D eigenvalue weighted by Gasteiger charge is 2.26. The predicted molar refractivity (Wildman–Crippen MR) is 196 cm³/mol. The molecule has 7 rings (SSSR count). The summed E-state index contributed by atoms with van der Waals surface area (Å²) in [5, 5.41) is 30.7. The number of hydrogen-bond acceptors (Lipinski definition) is 7. The first-order valence-corrected chi connectivity index (χ1v) is 17.5. The van der Waals surface area contributed by atoms with E-state index in [4.69, 9.17) is 21.4 Å². The molecule has 11 nitrogen and oxygen atoms in total. The van der Waals surface area contributed by atoms with Gasteiger partial charge < -0.3 is 19.7 Å². The third-order valence-corrected chi connectivity index (χ3v) is 9.70. The van der Waals surface area contributed by atoms with Crippen LogP contribution in [0.1, 0.15) is 61.0 Å². The number of nitrogens with one attached hydrogen (secondary N) is 2. The van der Waals surface area contributed by atoms with Crippen molar-refractivity contribution in [3.8, 4) is 28.6 Å². The molecule has 3 aromatic carbocycles. The van der Waals surface area contributed by atoms with Gasteiger partial charge in [-0.15, -0.1) is 10.2 Å². The maximum Gasteiger partial charge on any atom is 0.324 e. The molecule has 1 aliphatic heterocycles. The zero-order valence-electron chi connectivity index (χ0n) is 29.2. The lowest BCUT2D eigenvalue weighted by Gasteiger charge is -2.28. The Hall–Kier alpha value is -4.87. The Morgan fingerprint density at radius 1 is 0.980 bits per heavy atom. The van der Waals surface area contributed by atoms with Crippen molar-refractivity contribution < 1.29 is 14.6 Å². The maximum absolute atomic E-state index is 13.5. The monoisotopic (exact) mass is 694 g/mol. The Balaban J connectivity index is 1.01. The Morgan fingerprint density at radius 3 is 2.54 bits per heavy atom. The van der Waals surface area contributed by atoms with Crippen molar-refractivity contribution in [2.45, 2.75) is 72.4 Å². The minimum absolute atomic E-state index is 0.130. The van der Waals surface area contributed by atoms with Crippen molar-refractivity contribution in [1.29, 1.82) is 0 Å². The average Bonchev–Trinajstić information content (AvgIpc) is 3.83. The first-order chi connectivity index (χ1) is 23.9. The molecule has 0 radical (unpaired) electrons. The summed E-state index contributed by atoms with van der Waals surface area (Å²) < 4.78 is 10.3. The Morgan fingerprint density at radius 2 is 1.76 bits per heavy atom. The number of hydrogen-bond donors (Lipinski definition) is 3. The lowest BCUT2D eigenvalue weighted by molar-refractivity contribution is 0.174. The molecule has 2 amide bonds. The van der Waals surface area contributed by atoms with Crippen molar-refractivity contribution in [2.24, 2.45) is 0 Å². The first kappa shape index (κ1) is 33.6. The number of aryl methyl sites for hydroxylation is 2. The maximum atomic E-state index is 13.5. The number of anilines is 2. The quantitative estimate of drug-likeness (QED) is 0.154. The fourth-order valence-electron chi connectivity index (χ4n) is 6.76. The van der Waals surface area contributed by atoms with Crippen molar-refractivity contribution >= 4 is 29.1 Å². The fourth-order valence-corrected chi connectivity index (χ4v) is 6.93. The number of phenols is 1. The van der Waals surface area contributed by atoms with Gasteiger partial charge in [0.2, 0.25) is 0 Å². The molecule has 3 heterocycles. The zero-order chi connectivity index (χ0) is 35.2. The summed E-state index contributed by atoms with van der Waals surface area (Å²) in [6.45, 7) is 13.8. The van der Waals surface area contributed by atoms with Crippen LogP contribution in [-0.2, 0) is 31.3 Å². The number of aromatic hydroxyl groups is 1. The molecule has 0 saturated carbocycles. The minimum Gasteiger partial charge on any atom is -0.507 e. The molecule has 260 valence electrons. The van der Waals surface area contributed by atoms with Crippen molar-refractivity contribution in [3.05, 3.63) is 93.4 Å². The summed E-state index contributed by atoms with van der Waals surface area (Å²) in [6.07, 6.45) is 2.79. The summed E-state index contributed by atoms with van der Waals surface area (Å²) in [5.74, 6) is 3.11. The molecule has 3 N–H and O–H groups in total. The Bertz CT molecular complexity index is 2060. The molecule has 12 heteroatoms. The molecule has 1 aliphatic carbocycles. The molecule has 50 heavy (non-hydrogen) atoms. The number of nitrogens with zero attached hydrogens (tertiary/aromatic N) is 6. The Kier molecular flexibility index (Phi) is 9.04. The van der Waals surface area contributed by atoms with E-state index in [2.05, 4.69) is 46.5 Å². The molecular formula is C38H43ClN8O3. The SMILES string of the molecule is Cc1ccc(-n2nc(C(C)(C)C)cc2NC(=O)Nc2cc(C)c(OCCN3CCn4c(nnc4-c4cc(Cl)ccc4O)C3)c3c2CCC3)cc1. The number of carbonyl (C=O) groups excluding carboxylic acids is 1. The first-order valence-electron chi connectivity index (χ1n) is 17.1. The molecule has 2 aromatic heterocycles. The third kappa shape index (κ3) is 6.80. The second kappa shape index (κ2) is 13.4. The molecule has 0 unspecified atom stereocenters. The van der Waals surface area contributed by atoms with Crippen LogP contribution in [0.15, 0.2) is 54.6 Å². The highest BCUT2D eigenvalue weighted by Crippen LogP contribution is 2.39. The second-order valence-electron chi connectivity index (χ2n) is 14.2. The highest BCUT2D eigenvalue weighted by atomic mass is 35.5. The van der Waals surface area contributed by atoms with Gasteiger partial charge in [0.05, 0.1) is 23.5 Å². The number of halogens is 1. The number of urea groups is 1. The molecule has 0 atom stereocenters. The highest BCUT2D eigenvalue weighted by molar-refractivity contribution is 6.30. The number of rotatable bonds is 8. The van der Waals surface area contributed by atoms with E-state index >= 15 is 0 Å². The molecule has 2 aliphatic rings. The van der Waals surface area contributed by atoms with Gasteiger partial charge in [0.15, 0.2) is 5.82 Å². The van der Waals surface area contributed by atoms with Crippen LogP contribution in [0.25, 0.3) is 17.1 Å². The van der Waals surface area contributed by atoms with Crippen LogP contribution in [0.3, 0.4) is 0 Å². The molecule has 0 bridgehead atoms. The van der Waals surface area contributed by atoms with Gasteiger partial charge in [-0.1, -0.05) is 50.1 Å². The van der Waals surface area contributed by atoms with Gasteiger partial charge in [-0.2, -0.15) is 5.10 Å². The number of carbonyl (C=O) groups is 1. The molecule has 5 aromatic rings. The van der Waals surface area contributed by atoms with Gasteiger partial charge in [0.1, 0.15) is 29.7 Å². The zero-order valence-corrected chi connectivity index (χ0v) is 29.9. The molecule has 0 fully saturated rings. The van der Waals surface area contributed by atoms with E-state index in [1.54, 1.807) is 22.9 Å². The summed E-state index contributed by atoms with van der Waals surface area (Å²) in [7, 11) is 0. The van der Waals surface area contributed by atoms with E-state index in [9.17, 15) is 9.90 Å². The smallest absolute Gasteiger partial charge is 0.324 e. The Labute approximate surface area is 297 Å². The van der Waals surface area contributed by atoms with Crippen LogP contribution in [0.4, 0.5) is 16.3 Å². The lowest BCUT2D eigenvalue weighted by Crippen LogP contribution is -2.36. The van der Waals surface area contributed by atoms with Gasteiger partial charge >= 0.3 is 6.03 Å². The normalized spacial score (nSPS) is 14.4. The van der Waals surface area contributed by atoms with Crippen LogP contribution in [0.2, 0.25) is 5.02 Å². The fraction of sp³-hybridized carbons (Fsp3) is 0.368. The number of fused-ring (bicyclic) bond motifs is 2. The predicted octanol–water partition coefficient (Wildman–Crippen LogP) is 7.43. The van der Waals surface area contributed by atoms with Crippen molar-refractivity contribution in [3.63, 3.8) is 0 Å². The van der Waals surface area contributed by atoms with Crippen molar-refractivity contribution in [1.82, 2.24) is 29.4 Å². The van der Waals surface area contributed by atoms with Crippen LogP contribution < -0.4 is 15.4 Å². The summed E-state index contributed by atoms with van der Waals surface area (Å²) in [6, 6.07) is 16.7. The number of benzene rings is 3. The van der Waals surface area contributed by atoms with E-state index < -0.39 is 0 Å². The summed E-state index contributed by atoms with van der Waals surface area (Å²) in [5.41, 5.74) is 7.43. The number of amides is 2. The largest absolute Gasteiger partial charge is 0.507 e. The van der Waals surface area contributed by atoms with Gasteiger partial charge in [-0.25, -0.2) is 9.48 Å². The van der Waals surface area contributed by atoms with Gasteiger partial charge in [0.25, 0.3) is 0 Å². The van der Waals surface area contributed by atoms with E-state index in [0.29, 0.717) is 41.9 Å². The number of phenolic OH excluding ortho intramolecular Hbond substituents is 1. The topological polar surface area (TPSA) is 122 Å². The summed E-state index contributed by atoms with van der Waals surface area (Å²) >= 11 is 6.18. The van der Waals surface area contributed by atoms with Gasteiger partial charge in [-0.3, -0.25) is 10.2 Å². The third-order valence-electron chi connectivity index (χ3n) is 9.47. The molecule has 0 saturated heterocycles. The van der Waals surface area contributed by atoms with Crippen LogP contribution in [0.5, 0.6) is 11.5 Å². The number of ether oxygens (including phenoxy) is 1. The summed E-state index contributed by atoms with van der Waals surface area (Å²) in [4.78, 5) is 15.8. The van der Waals surface area contributed by atoms with E-state index in [1.807, 2.05) is 54.8 Å².